The van der Waals surface area contributed by atoms with Gasteiger partial charge in [-0.25, -0.2) is 8.42 Å². The van der Waals surface area contributed by atoms with Crippen molar-refractivity contribution in [3.05, 3.63) is 53.6 Å². The molecule has 0 saturated heterocycles. The van der Waals surface area contributed by atoms with Crippen LogP contribution in [0.2, 0.25) is 0 Å². The molecule has 1 aliphatic rings. The van der Waals surface area contributed by atoms with Gasteiger partial charge in [0.25, 0.3) is 0 Å². The van der Waals surface area contributed by atoms with Gasteiger partial charge in [0.2, 0.25) is 10.0 Å². The smallest absolute Gasteiger partial charge is 0.247 e. The summed E-state index contributed by atoms with van der Waals surface area (Å²) in [6, 6.07) is 12.3. The number of methoxy groups -OCH3 is 3. The van der Waals surface area contributed by atoms with E-state index in [1.165, 1.54) is 0 Å². The summed E-state index contributed by atoms with van der Waals surface area (Å²) in [7, 11) is 1.12. The fourth-order valence-electron chi connectivity index (χ4n) is 3.16. The van der Waals surface area contributed by atoms with Gasteiger partial charge in [0, 0.05) is 17.5 Å². The van der Waals surface area contributed by atoms with Crippen molar-refractivity contribution in [1.29, 1.82) is 0 Å². The monoisotopic (exact) mass is 390 g/mol. The number of hydrogen-bond acceptors (Lipinski definition) is 6. The van der Waals surface area contributed by atoms with Crippen molar-refractivity contribution in [1.82, 2.24) is 4.41 Å². The van der Waals surface area contributed by atoms with E-state index in [0.717, 1.165) is 21.8 Å². The molecule has 1 atom stereocenters. The van der Waals surface area contributed by atoms with E-state index in [9.17, 15) is 8.42 Å². The molecular formula is C19H22N2O5S. The Kier molecular flexibility index (Phi) is 5.27. The Morgan fingerprint density at radius 3 is 2.26 bits per heavy atom. The predicted molar refractivity (Wildman–Crippen MR) is 103 cm³/mol. The molecule has 0 bridgehead atoms. The van der Waals surface area contributed by atoms with E-state index < -0.39 is 16.1 Å². The molecule has 0 unspecified atom stereocenters. The average Bonchev–Trinajstić information content (AvgIpc) is 3.13. The fourth-order valence-corrected chi connectivity index (χ4v) is 4.06. The van der Waals surface area contributed by atoms with E-state index in [0.29, 0.717) is 29.4 Å². The zero-order chi connectivity index (χ0) is 19.6. The van der Waals surface area contributed by atoms with E-state index in [2.05, 4.69) is 5.10 Å². The van der Waals surface area contributed by atoms with Crippen molar-refractivity contribution < 1.29 is 22.6 Å². The number of hydrazone groups is 1. The SMILES string of the molecule is COc1ccc(C2=NN(S(C)(=O)=O)[C@@H](c3ccccc3OC)C2)cc1OC. The average molecular weight is 390 g/mol. The molecule has 0 aliphatic carbocycles. The maximum Gasteiger partial charge on any atom is 0.247 e. The van der Waals surface area contributed by atoms with Gasteiger partial charge in [0.05, 0.1) is 39.3 Å². The van der Waals surface area contributed by atoms with E-state index in [1.807, 2.05) is 30.3 Å². The summed E-state index contributed by atoms with van der Waals surface area (Å²) in [5.74, 6) is 1.78. The van der Waals surface area contributed by atoms with Gasteiger partial charge in [-0.3, -0.25) is 0 Å². The third-order valence-electron chi connectivity index (χ3n) is 4.43. The van der Waals surface area contributed by atoms with Gasteiger partial charge in [-0.2, -0.15) is 9.52 Å². The lowest BCUT2D eigenvalue weighted by Gasteiger charge is -2.23. The summed E-state index contributed by atoms with van der Waals surface area (Å²) in [4.78, 5) is 0. The standard InChI is InChI=1S/C19H22N2O5S/c1-24-17-8-6-5-7-14(17)16-12-15(20-21(16)27(4,22)23)13-9-10-18(25-2)19(11-13)26-3/h5-11,16H,12H2,1-4H3/t16-/m1/s1. The second kappa shape index (κ2) is 7.48. The van der Waals surface area contributed by atoms with Crippen molar-refractivity contribution >= 4 is 15.7 Å². The lowest BCUT2D eigenvalue weighted by molar-refractivity contribution is 0.352. The molecule has 0 fully saturated rings. The molecule has 0 radical (unpaired) electrons. The van der Waals surface area contributed by atoms with Crippen molar-refractivity contribution in [2.75, 3.05) is 27.6 Å². The maximum atomic E-state index is 12.4. The first kappa shape index (κ1) is 19.0. The summed E-state index contributed by atoms with van der Waals surface area (Å²) in [6.45, 7) is 0. The Labute approximate surface area is 159 Å². The molecule has 2 aromatic carbocycles. The molecule has 144 valence electrons. The second-order valence-corrected chi connectivity index (χ2v) is 7.95. The molecule has 0 saturated carbocycles. The first-order valence-corrected chi connectivity index (χ1v) is 10.2. The van der Waals surface area contributed by atoms with Crippen LogP contribution in [0.5, 0.6) is 17.2 Å². The van der Waals surface area contributed by atoms with E-state index in [4.69, 9.17) is 14.2 Å². The minimum atomic E-state index is -3.56. The van der Waals surface area contributed by atoms with Crippen LogP contribution in [0.3, 0.4) is 0 Å². The summed E-state index contributed by atoms with van der Waals surface area (Å²) in [5.41, 5.74) is 2.20. The molecule has 1 heterocycles. The molecule has 3 rings (SSSR count). The lowest BCUT2D eigenvalue weighted by atomic mass is 9.98. The summed E-state index contributed by atoms with van der Waals surface area (Å²) in [6.07, 6.45) is 1.57. The van der Waals surface area contributed by atoms with Gasteiger partial charge in [-0.1, -0.05) is 18.2 Å². The van der Waals surface area contributed by atoms with Gasteiger partial charge in [-0.05, 0) is 24.3 Å². The maximum absolute atomic E-state index is 12.4. The number of hydrogen-bond donors (Lipinski definition) is 0. The molecule has 8 heteroatoms. The highest BCUT2D eigenvalue weighted by molar-refractivity contribution is 7.88. The highest BCUT2D eigenvalue weighted by Crippen LogP contribution is 2.39. The highest BCUT2D eigenvalue weighted by atomic mass is 32.2. The number of para-hydroxylation sites is 1. The van der Waals surface area contributed by atoms with Gasteiger partial charge in [0.1, 0.15) is 5.75 Å². The molecule has 2 aromatic rings. The van der Waals surface area contributed by atoms with Crippen molar-refractivity contribution in [3.8, 4) is 17.2 Å². The van der Waals surface area contributed by atoms with Crippen LogP contribution in [0.15, 0.2) is 47.6 Å². The normalized spacial score (nSPS) is 16.8. The van der Waals surface area contributed by atoms with Gasteiger partial charge >= 0.3 is 0 Å². The van der Waals surface area contributed by atoms with E-state index in [-0.39, 0.29) is 0 Å². The first-order valence-electron chi connectivity index (χ1n) is 8.31. The zero-order valence-corrected chi connectivity index (χ0v) is 16.5. The topological polar surface area (TPSA) is 77.4 Å². The highest BCUT2D eigenvalue weighted by Gasteiger charge is 2.36. The minimum absolute atomic E-state index is 0.420. The summed E-state index contributed by atoms with van der Waals surface area (Å²) < 4.78 is 41.9. The number of rotatable bonds is 6. The summed E-state index contributed by atoms with van der Waals surface area (Å²) in [5, 5.41) is 4.40. The van der Waals surface area contributed by atoms with Crippen LogP contribution in [0.4, 0.5) is 0 Å². The minimum Gasteiger partial charge on any atom is -0.496 e. The molecule has 1 aliphatic heterocycles. The molecule has 0 aromatic heterocycles. The Bertz CT molecular complexity index is 972. The number of sulfonamides is 1. The van der Waals surface area contributed by atoms with Crippen LogP contribution in [0.1, 0.15) is 23.6 Å². The van der Waals surface area contributed by atoms with Gasteiger partial charge < -0.3 is 14.2 Å². The Morgan fingerprint density at radius 1 is 0.963 bits per heavy atom. The molecule has 7 nitrogen and oxygen atoms in total. The van der Waals surface area contributed by atoms with E-state index >= 15 is 0 Å². The number of nitrogens with zero attached hydrogens (tertiary/aromatic N) is 2. The van der Waals surface area contributed by atoms with Crippen LogP contribution in [-0.2, 0) is 10.0 Å². The van der Waals surface area contributed by atoms with Gasteiger partial charge in [-0.15, -0.1) is 0 Å². The third kappa shape index (κ3) is 3.71. The quantitative estimate of drug-likeness (QED) is 0.758. The molecule has 0 N–H and O–H groups in total. The lowest BCUT2D eigenvalue weighted by Crippen LogP contribution is -2.26. The molecular weight excluding hydrogens is 368 g/mol. The largest absolute Gasteiger partial charge is 0.496 e. The Hall–Kier alpha value is -2.74. The van der Waals surface area contributed by atoms with Gasteiger partial charge in [0.15, 0.2) is 11.5 Å². The zero-order valence-electron chi connectivity index (χ0n) is 15.7. The Balaban J connectivity index is 2.04. The summed E-state index contributed by atoms with van der Waals surface area (Å²) >= 11 is 0. The molecule has 0 spiro atoms. The van der Waals surface area contributed by atoms with Crippen molar-refractivity contribution in [2.24, 2.45) is 5.10 Å². The number of benzene rings is 2. The van der Waals surface area contributed by atoms with Crippen molar-refractivity contribution in [2.45, 2.75) is 12.5 Å². The Morgan fingerprint density at radius 2 is 1.63 bits per heavy atom. The molecule has 27 heavy (non-hydrogen) atoms. The van der Waals surface area contributed by atoms with Crippen LogP contribution >= 0.6 is 0 Å². The number of ether oxygens (including phenoxy) is 3. The van der Waals surface area contributed by atoms with Crippen molar-refractivity contribution in [3.63, 3.8) is 0 Å². The fraction of sp³-hybridized carbons (Fsp3) is 0.316. The third-order valence-corrected chi connectivity index (χ3v) is 5.44. The predicted octanol–water partition coefficient (Wildman–Crippen LogP) is 2.82. The first-order chi connectivity index (χ1) is 12.9. The van der Waals surface area contributed by atoms with Crippen LogP contribution in [0, 0.1) is 0 Å². The van der Waals surface area contributed by atoms with Crippen LogP contribution in [-0.4, -0.2) is 46.1 Å². The second-order valence-electron chi connectivity index (χ2n) is 6.11. The van der Waals surface area contributed by atoms with Crippen LogP contribution in [0.25, 0.3) is 0 Å². The van der Waals surface area contributed by atoms with Crippen LogP contribution < -0.4 is 14.2 Å². The van der Waals surface area contributed by atoms with E-state index in [1.54, 1.807) is 33.5 Å². The molecule has 0 amide bonds.